The van der Waals surface area contributed by atoms with Gasteiger partial charge in [-0.3, -0.25) is 0 Å². The Hall–Kier alpha value is -1.26. The number of anilines is 1. The molecule has 1 heterocycles. The van der Waals surface area contributed by atoms with Crippen LogP contribution in [0.4, 0.5) is 5.69 Å². The SMILES string of the molecule is COCCOc1cccc(NCC2CCNCC2)c1. The summed E-state index contributed by atoms with van der Waals surface area (Å²) in [5.74, 6) is 1.67. The molecular weight excluding hydrogens is 240 g/mol. The van der Waals surface area contributed by atoms with E-state index in [2.05, 4.69) is 22.8 Å². The van der Waals surface area contributed by atoms with E-state index in [1.807, 2.05) is 12.1 Å². The van der Waals surface area contributed by atoms with Crippen molar-refractivity contribution in [2.75, 3.05) is 45.3 Å². The van der Waals surface area contributed by atoms with Crippen molar-refractivity contribution in [2.24, 2.45) is 5.92 Å². The number of hydrogen-bond donors (Lipinski definition) is 2. The molecule has 1 aliphatic rings. The number of methoxy groups -OCH3 is 1. The third kappa shape index (κ3) is 5.09. The first-order valence-electron chi connectivity index (χ1n) is 7.05. The summed E-state index contributed by atoms with van der Waals surface area (Å²) in [6, 6.07) is 8.14. The molecule has 2 N–H and O–H groups in total. The minimum absolute atomic E-state index is 0.592. The number of hydrogen-bond acceptors (Lipinski definition) is 4. The largest absolute Gasteiger partial charge is 0.491 e. The van der Waals surface area contributed by atoms with Crippen molar-refractivity contribution in [3.63, 3.8) is 0 Å². The van der Waals surface area contributed by atoms with Crippen LogP contribution in [0.3, 0.4) is 0 Å². The predicted octanol–water partition coefficient (Wildman–Crippen LogP) is 2.12. The predicted molar refractivity (Wildman–Crippen MR) is 77.9 cm³/mol. The molecule has 0 unspecified atom stereocenters. The van der Waals surface area contributed by atoms with Crippen LogP contribution in [0.15, 0.2) is 24.3 Å². The molecule has 0 aliphatic carbocycles. The quantitative estimate of drug-likeness (QED) is 0.740. The highest BCUT2D eigenvalue weighted by Gasteiger charge is 2.12. The zero-order valence-electron chi connectivity index (χ0n) is 11.7. The average Bonchev–Trinajstić information content (AvgIpc) is 2.47. The number of rotatable bonds is 7. The van der Waals surface area contributed by atoms with Gasteiger partial charge in [0.25, 0.3) is 0 Å². The second-order valence-corrected chi connectivity index (χ2v) is 4.94. The van der Waals surface area contributed by atoms with Crippen molar-refractivity contribution in [1.82, 2.24) is 5.32 Å². The number of ether oxygens (including phenoxy) is 2. The van der Waals surface area contributed by atoms with E-state index in [0.29, 0.717) is 13.2 Å². The summed E-state index contributed by atoms with van der Waals surface area (Å²) < 4.78 is 10.6. The maximum absolute atomic E-state index is 5.60. The fourth-order valence-electron chi connectivity index (χ4n) is 2.29. The maximum Gasteiger partial charge on any atom is 0.121 e. The Kier molecular flexibility index (Phi) is 5.98. The van der Waals surface area contributed by atoms with Gasteiger partial charge in [-0.25, -0.2) is 0 Å². The van der Waals surface area contributed by atoms with Crippen molar-refractivity contribution >= 4 is 5.69 Å². The number of nitrogens with one attached hydrogen (secondary N) is 2. The van der Waals surface area contributed by atoms with Gasteiger partial charge in [0.2, 0.25) is 0 Å². The molecule has 0 atom stereocenters. The van der Waals surface area contributed by atoms with Crippen LogP contribution in [-0.2, 0) is 4.74 Å². The molecule has 0 bridgehead atoms. The van der Waals surface area contributed by atoms with Crippen LogP contribution in [0.1, 0.15) is 12.8 Å². The van der Waals surface area contributed by atoms with Gasteiger partial charge in [-0.15, -0.1) is 0 Å². The Morgan fingerprint density at radius 1 is 1.26 bits per heavy atom. The van der Waals surface area contributed by atoms with E-state index < -0.39 is 0 Å². The summed E-state index contributed by atoms with van der Waals surface area (Å²) in [7, 11) is 1.68. The first-order chi connectivity index (χ1) is 9.38. The van der Waals surface area contributed by atoms with Crippen LogP contribution in [0, 0.1) is 5.92 Å². The van der Waals surface area contributed by atoms with Gasteiger partial charge in [0.1, 0.15) is 12.4 Å². The van der Waals surface area contributed by atoms with Gasteiger partial charge in [-0.1, -0.05) is 6.07 Å². The van der Waals surface area contributed by atoms with Gasteiger partial charge in [-0.05, 0) is 44.0 Å². The third-order valence-corrected chi connectivity index (χ3v) is 3.44. The standard InChI is InChI=1S/C15H24N2O2/c1-18-9-10-19-15-4-2-3-14(11-15)17-12-13-5-7-16-8-6-13/h2-4,11,13,16-17H,5-10,12H2,1H3. The Morgan fingerprint density at radius 2 is 2.11 bits per heavy atom. The zero-order valence-corrected chi connectivity index (χ0v) is 11.7. The van der Waals surface area contributed by atoms with Gasteiger partial charge < -0.3 is 20.1 Å². The summed E-state index contributed by atoms with van der Waals surface area (Å²) >= 11 is 0. The first kappa shape index (κ1) is 14.2. The van der Waals surface area contributed by atoms with E-state index >= 15 is 0 Å². The van der Waals surface area contributed by atoms with Gasteiger partial charge >= 0.3 is 0 Å². The zero-order chi connectivity index (χ0) is 13.3. The second-order valence-electron chi connectivity index (χ2n) is 4.94. The summed E-state index contributed by atoms with van der Waals surface area (Å²) in [6.07, 6.45) is 2.52. The van der Waals surface area contributed by atoms with Crippen molar-refractivity contribution in [3.8, 4) is 5.75 Å². The molecule has 0 amide bonds. The topological polar surface area (TPSA) is 42.5 Å². The van der Waals surface area contributed by atoms with Crippen molar-refractivity contribution in [3.05, 3.63) is 24.3 Å². The number of piperidine rings is 1. The van der Waals surface area contributed by atoms with Gasteiger partial charge in [-0.2, -0.15) is 0 Å². The van der Waals surface area contributed by atoms with Gasteiger partial charge in [0, 0.05) is 25.4 Å². The molecule has 0 radical (unpaired) electrons. The molecule has 1 aromatic rings. The summed E-state index contributed by atoms with van der Waals surface area (Å²) in [6.45, 7) is 4.54. The van der Waals surface area contributed by atoms with E-state index in [0.717, 1.165) is 37.0 Å². The molecule has 106 valence electrons. The second kappa shape index (κ2) is 8.02. The summed E-state index contributed by atoms with van der Waals surface area (Å²) in [4.78, 5) is 0. The Morgan fingerprint density at radius 3 is 2.89 bits per heavy atom. The van der Waals surface area contributed by atoms with Gasteiger partial charge in [0.05, 0.1) is 6.61 Å². The van der Waals surface area contributed by atoms with E-state index in [1.165, 1.54) is 12.8 Å². The van der Waals surface area contributed by atoms with Crippen LogP contribution >= 0.6 is 0 Å². The summed E-state index contributed by atoms with van der Waals surface area (Å²) in [5, 5.41) is 6.90. The van der Waals surface area contributed by atoms with E-state index in [-0.39, 0.29) is 0 Å². The Labute approximate surface area is 115 Å². The van der Waals surface area contributed by atoms with Crippen LogP contribution in [0.5, 0.6) is 5.75 Å². The average molecular weight is 264 g/mol. The molecule has 1 aliphatic heterocycles. The highest BCUT2D eigenvalue weighted by atomic mass is 16.5. The Bertz CT molecular complexity index is 365. The molecule has 1 fully saturated rings. The molecular formula is C15H24N2O2. The molecule has 1 saturated heterocycles. The van der Waals surface area contributed by atoms with Crippen LogP contribution in [-0.4, -0.2) is 40.0 Å². The Balaban J connectivity index is 1.77. The number of benzene rings is 1. The highest BCUT2D eigenvalue weighted by molar-refractivity contribution is 5.48. The molecule has 0 spiro atoms. The molecule has 0 saturated carbocycles. The lowest BCUT2D eigenvalue weighted by molar-refractivity contribution is 0.146. The van der Waals surface area contributed by atoms with Crippen molar-refractivity contribution in [1.29, 1.82) is 0 Å². The molecule has 19 heavy (non-hydrogen) atoms. The lowest BCUT2D eigenvalue weighted by Gasteiger charge is -2.23. The molecule has 0 aromatic heterocycles. The minimum Gasteiger partial charge on any atom is -0.491 e. The van der Waals surface area contributed by atoms with Crippen LogP contribution in [0.2, 0.25) is 0 Å². The van der Waals surface area contributed by atoms with E-state index in [9.17, 15) is 0 Å². The lowest BCUT2D eigenvalue weighted by atomic mass is 9.98. The van der Waals surface area contributed by atoms with Crippen LogP contribution in [0.25, 0.3) is 0 Å². The van der Waals surface area contributed by atoms with Crippen molar-refractivity contribution < 1.29 is 9.47 Å². The monoisotopic (exact) mass is 264 g/mol. The smallest absolute Gasteiger partial charge is 0.121 e. The molecule has 2 rings (SSSR count). The molecule has 4 heteroatoms. The normalized spacial score (nSPS) is 16.3. The highest BCUT2D eigenvalue weighted by Crippen LogP contribution is 2.19. The molecule has 1 aromatic carbocycles. The molecule has 4 nitrogen and oxygen atoms in total. The van der Waals surface area contributed by atoms with E-state index in [1.54, 1.807) is 7.11 Å². The maximum atomic E-state index is 5.60. The lowest BCUT2D eigenvalue weighted by Crippen LogP contribution is -2.31. The van der Waals surface area contributed by atoms with Crippen LogP contribution < -0.4 is 15.4 Å². The van der Waals surface area contributed by atoms with Crippen molar-refractivity contribution in [2.45, 2.75) is 12.8 Å². The minimum atomic E-state index is 0.592. The summed E-state index contributed by atoms with van der Waals surface area (Å²) in [5.41, 5.74) is 1.13. The first-order valence-corrected chi connectivity index (χ1v) is 7.05. The fraction of sp³-hybridized carbons (Fsp3) is 0.600. The van der Waals surface area contributed by atoms with E-state index in [4.69, 9.17) is 9.47 Å². The fourth-order valence-corrected chi connectivity index (χ4v) is 2.29. The van der Waals surface area contributed by atoms with Gasteiger partial charge in [0.15, 0.2) is 0 Å². The third-order valence-electron chi connectivity index (χ3n) is 3.44.